The van der Waals surface area contributed by atoms with Gasteiger partial charge in [0, 0.05) is 11.6 Å². The van der Waals surface area contributed by atoms with E-state index in [1.54, 1.807) is 25.3 Å². The van der Waals surface area contributed by atoms with Crippen molar-refractivity contribution >= 4 is 5.97 Å². The van der Waals surface area contributed by atoms with Crippen LogP contribution in [0.1, 0.15) is 24.0 Å². The highest BCUT2D eigenvalue weighted by Gasteiger charge is 2.31. The Hall–Kier alpha value is -4.51. The Labute approximate surface area is 195 Å². The molecule has 3 aromatic carbocycles. The number of hydrogen-bond donors (Lipinski definition) is 1. The topological polar surface area (TPSA) is 104 Å². The molecule has 2 N–H and O–H groups in total. The van der Waals surface area contributed by atoms with Gasteiger partial charge in [-0.1, -0.05) is 18.2 Å². The number of nitrogens with two attached hydrogens (primary N) is 1. The van der Waals surface area contributed by atoms with Crippen LogP contribution in [0, 0.1) is 17.1 Å². The third kappa shape index (κ3) is 4.64. The van der Waals surface area contributed by atoms with E-state index in [1.807, 2.05) is 18.2 Å². The molecule has 0 spiro atoms. The van der Waals surface area contributed by atoms with E-state index in [9.17, 15) is 14.4 Å². The van der Waals surface area contributed by atoms with Crippen LogP contribution in [0.15, 0.2) is 78.2 Å². The molecule has 0 aliphatic carbocycles. The number of carbonyl (C=O) groups is 1. The van der Waals surface area contributed by atoms with E-state index in [1.165, 1.54) is 37.3 Å². The Morgan fingerprint density at radius 3 is 2.53 bits per heavy atom. The van der Waals surface area contributed by atoms with Crippen LogP contribution in [-0.4, -0.2) is 19.2 Å². The van der Waals surface area contributed by atoms with Crippen molar-refractivity contribution in [2.45, 2.75) is 18.9 Å². The summed E-state index contributed by atoms with van der Waals surface area (Å²) in [7, 11) is 1.56. The number of carbonyl (C=O) groups excluding carboxylic acids is 1. The molecule has 1 aliphatic rings. The fraction of sp³-hybridized carbons (Fsp3) is 0.154. The summed E-state index contributed by atoms with van der Waals surface area (Å²) in [6.07, 6.45) is -0.942. The van der Waals surface area contributed by atoms with Gasteiger partial charge in [-0.15, -0.1) is 0 Å². The van der Waals surface area contributed by atoms with Crippen molar-refractivity contribution in [1.29, 1.82) is 5.26 Å². The molecule has 0 aromatic heterocycles. The van der Waals surface area contributed by atoms with E-state index in [0.29, 0.717) is 22.8 Å². The molecule has 0 fully saturated rings. The number of halogens is 1. The molecule has 2 unspecified atom stereocenters. The van der Waals surface area contributed by atoms with Crippen molar-refractivity contribution < 1.29 is 28.1 Å². The first-order chi connectivity index (χ1) is 16.4. The van der Waals surface area contributed by atoms with E-state index in [-0.39, 0.29) is 17.2 Å². The number of rotatable bonds is 6. The Balaban J connectivity index is 1.58. The average molecular weight is 460 g/mol. The van der Waals surface area contributed by atoms with Crippen LogP contribution in [0.5, 0.6) is 23.0 Å². The average Bonchev–Trinajstić information content (AvgIpc) is 2.84. The molecule has 0 saturated carbocycles. The minimum Gasteiger partial charge on any atom is -0.497 e. The number of hydrogen-bond acceptors (Lipinski definition) is 7. The number of methoxy groups -OCH3 is 1. The Morgan fingerprint density at radius 1 is 1.09 bits per heavy atom. The number of nitriles is 1. The van der Waals surface area contributed by atoms with E-state index in [2.05, 4.69) is 6.07 Å². The zero-order valence-corrected chi connectivity index (χ0v) is 18.4. The molecule has 7 nitrogen and oxygen atoms in total. The first-order valence-corrected chi connectivity index (χ1v) is 10.4. The molecule has 4 rings (SSSR count). The number of allylic oxidation sites excluding steroid dienone is 1. The second-order valence-corrected chi connectivity index (χ2v) is 7.54. The van der Waals surface area contributed by atoms with Crippen molar-refractivity contribution in [3.05, 3.63) is 95.1 Å². The van der Waals surface area contributed by atoms with Gasteiger partial charge in [0.25, 0.3) is 0 Å². The number of esters is 1. The molecule has 8 heteroatoms. The zero-order chi connectivity index (χ0) is 24.2. The van der Waals surface area contributed by atoms with Crippen LogP contribution < -0.4 is 24.7 Å². The lowest BCUT2D eigenvalue weighted by atomic mass is 9.83. The van der Waals surface area contributed by atoms with Gasteiger partial charge in [0.1, 0.15) is 40.5 Å². The van der Waals surface area contributed by atoms with Crippen LogP contribution in [0.25, 0.3) is 0 Å². The van der Waals surface area contributed by atoms with E-state index in [0.717, 1.165) is 5.56 Å². The molecular weight excluding hydrogens is 439 g/mol. The molecule has 1 aliphatic heterocycles. The minimum absolute atomic E-state index is 0.0284. The van der Waals surface area contributed by atoms with E-state index >= 15 is 0 Å². The molecule has 0 radical (unpaired) electrons. The largest absolute Gasteiger partial charge is 0.497 e. The summed E-state index contributed by atoms with van der Waals surface area (Å²) in [5, 5.41) is 9.71. The van der Waals surface area contributed by atoms with Crippen molar-refractivity contribution in [3.63, 3.8) is 0 Å². The number of benzene rings is 3. The number of ether oxygens (including phenoxy) is 4. The normalized spacial score (nSPS) is 15.4. The van der Waals surface area contributed by atoms with Crippen LogP contribution in [-0.2, 0) is 4.79 Å². The van der Waals surface area contributed by atoms with Crippen molar-refractivity contribution in [1.82, 2.24) is 0 Å². The molecule has 0 saturated heterocycles. The molecule has 0 bridgehead atoms. The van der Waals surface area contributed by atoms with Crippen LogP contribution in [0.4, 0.5) is 4.39 Å². The third-order valence-electron chi connectivity index (χ3n) is 5.29. The third-order valence-corrected chi connectivity index (χ3v) is 5.29. The van der Waals surface area contributed by atoms with Gasteiger partial charge in [0.15, 0.2) is 6.10 Å². The van der Waals surface area contributed by atoms with Gasteiger partial charge in [-0.3, -0.25) is 0 Å². The number of nitrogens with zero attached hydrogens (tertiary/aromatic N) is 1. The fourth-order valence-electron chi connectivity index (χ4n) is 3.63. The molecule has 0 amide bonds. The lowest BCUT2D eigenvalue weighted by Gasteiger charge is -2.27. The quantitative estimate of drug-likeness (QED) is 0.429. The summed E-state index contributed by atoms with van der Waals surface area (Å²) in [5.41, 5.74) is 7.81. The van der Waals surface area contributed by atoms with Crippen LogP contribution >= 0.6 is 0 Å². The zero-order valence-electron chi connectivity index (χ0n) is 18.4. The van der Waals surface area contributed by atoms with Gasteiger partial charge in [0.2, 0.25) is 5.88 Å². The summed E-state index contributed by atoms with van der Waals surface area (Å²) < 4.78 is 35.0. The summed E-state index contributed by atoms with van der Waals surface area (Å²) in [5.74, 6) is -0.00139. The Bertz CT molecular complexity index is 1300. The molecule has 2 atom stereocenters. The summed E-state index contributed by atoms with van der Waals surface area (Å²) in [4.78, 5) is 12.5. The Morgan fingerprint density at radius 2 is 1.82 bits per heavy atom. The highest BCUT2D eigenvalue weighted by atomic mass is 19.1. The smallest absolute Gasteiger partial charge is 0.352 e. The molecular formula is C26H21FN2O5. The SMILES string of the molecule is COc1cccc(C2C(C#N)=C(N)Oc3cc(OC(=O)C(C)Oc4ccc(F)cc4)ccc32)c1. The van der Waals surface area contributed by atoms with Crippen molar-refractivity contribution in [2.24, 2.45) is 5.73 Å². The molecule has 34 heavy (non-hydrogen) atoms. The highest BCUT2D eigenvalue weighted by Crippen LogP contribution is 2.44. The predicted octanol–water partition coefficient (Wildman–Crippen LogP) is 4.43. The lowest BCUT2D eigenvalue weighted by Crippen LogP contribution is -2.28. The monoisotopic (exact) mass is 460 g/mol. The Kier molecular flexibility index (Phi) is 6.37. The van der Waals surface area contributed by atoms with Gasteiger partial charge in [-0.05, 0) is 55.0 Å². The first-order valence-electron chi connectivity index (χ1n) is 10.4. The summed E-state index contributed by atoms with van der Waals surface area (Å²) in [6, 6.07) is 19.6. The van der Waals surface area contributed by atoms with Gasteiger partial charge >= 0.3 is 5.97 Å². The molecule has 172 valence electrons. The van der Waals surface area contributed by atoms with Crippen molar-refractivity contribution in [2.75, 3.05) is 7.11 Å². The summed E-state index contributed by atoms with van der Waals surface area (Å²) >= 11 is 0. The summed E-state index contributed by atoms with van der Waals surface area (Å²) in [6.45, 7) is 1.53. The minimum atomic E-state index is -0.942. The second-order valence-electron chi connectivity index (χ2n) is 7.54. The number of fused-ring (bicyclic) bond motifs is 1. The van der Waals surface area contributed by atoms with Crippen LogP contribution in [0.3, 0.4) is 0 Å². The lowest BCUT2D eigenvalue weighted by molar-refractivity contribution is -0.141. The molecule has 3 aromatic rings. The van der Waals surface area contributed by atoms with Gasteiger partial charge in [-0.25, -0.2) is 9.18 Å². The van der Waals surface area contributed by atoms with Gasteiger partial charge in [0.05, 0.1) is 13.0 Å². The fourth-order valence-corrected chi connectivity index (χ4v) is 3.63. The van der Waals surface area contributed by atoms with E-state index in [4.69, 9.17) is 24.7 Å². The standard InChI is InChI=1S/C26H21FN2O5/c1-15(32-18-8-6-17(27)7-9-18)26(30)33-20-10-11-21-23(13-20)34-25(29)22(14-28)24(21)16-4-3-5-19(12-16)31-2/h3-13,15,24H,29H2,1-2H3. The predicted molar refractivity (Wildman–Crippen MR) is 121 cm³/mol. The van der Waals surface area contributed by atoms with Crippen LogP contribution in [0.2, 0.25) is 0 Å². The van der Waals surface area contributed by atoms with Gasteiger partial charge in [-0.2, -0.15) is 5.26 Å². The highest BCUT2D eigenvalue weighted by molar-refractivity contribution is 5.77. The maximum atomic E-state index is 13.1. The molecule has 1 heterocycles. The van der Waals surface area contributed by atoms with Crippen molar-refractivity contribution in [3.8, 4) is 29.1 Å². The maximum Gasteiger partial charge on any atom is 0.352 e. The first kappa shape index (κ1) is 22.7. The second kappa shape index (κ2) is 9.55. The maximum absolute atomic E-state index is 13.1. The van der Waals surface area contributed by atoms with Gasteiger partial charge < -0.3 is 24.7 Å². The van der Waals surface area contributed by atoms with E-state index < -0.39 is 23.8 Å².